The Kier molecular flexibility index (Phi) is 10.3. The van der Waals surface area contributed by atoms with Crippen LogP contribution >= 0.6 is 0 Å². The topological polar surface area (TPSA) is 93.1 Å². The molecule has 1 aromatic carbocycles. The van der Waals surface area contributed by atoms with Crippen molar-refractivity contribution in [3.63, 3.8) is 0 Å². The molecular formula is C28H38O6. The minimum absolute atomic E-state index is 0.158. The van der Waals surface area contributed by atoms with Gasteiger partial charge in [-0.2, -0.15) is 0 Å². The lowest BCUT2D eigenvalue weighted by atomic mass is 9.88. The molecule has 1 heterocycles. The zero-order valence-corrected chi connectivity index (χ0v) is 20.8. The van der Waals surface area contributed by atoms with E-state index in [1.54, 1.807) is 19.1 Å². The molecule has 6 heteroatoms. The van der Waals surface area contributed by atoms with Gasteiger partial charge in [0.05, 0.1) is 12.5 Å². The number of allylic oxidation sites excluding steroid dienone is 3. The molecule has 2 N–H and O–H groups in total. The van der Waals surface area contributed by atoms with E-state index < -0.39 is 35.9 Å². The highest BCUT2D eigenvalue weighted by molar-refractivity contribution is 5.70. The highest BCUT2D eigenvalue weighted by Crippen LogP contribution is 2.27. The van der Waals surface area contributed by atoms with Gasteiger partial charge in [-0.15, -0.1) is 0 Å². The zero-order valence-electron chi connectivity index (χ0n) is 20.8. The van der Waals surface area contributed by atoms with Crippen LogP contribution in [-0.2, 0) is 19.1 Å². The fourth-order valence-corrected chi connectivity index (χ4v) is 3.97. The van der Waals surface area contributed by atoms with Crippen molar-refractivity contribution < 1.29 is 29.3 Å². The molecular weight excluding hydrogens is 432 g/mol. The SMILES string of the molecule is CC(=O)O[C@H]1/C=C/[C@H](C)[C@@H](/C(C)=C/C=C/C(C)c2ccccc2)OC(=O)C[C@@H](O)CC[C@]1(C)O. The summed E-state index contributed by atoms with van der Waals surface area (Å²) in [4.78, 5) is 24.1. The van der Waals surface area contributed by atoms with E-state index in [0.29, 0.717) is 0 Å². The Morgan fingerprint density at radius 2 is 1.91 bits per heavy atom. The summed E-state index contributed by atoms with van der Waals surface area (Å²) in [6.45, 7) is 8.75. The van der Waals surface area contributed by atoms with Crippen LogP contribution < -0.4 is 0 Å². The van der Waals surface area contributed by atoms with Gasteiger partial charge in [0.25, 0.3) is 0 Å². The minimum Gasteiger partial charge on any atom is -0.457 e. The Morgan fingerprint density at radius 1 is 1.24 bits per heavy atom. The summed E-state index contributed by atoms with van der Waals surface area (Å²) in [5, 5.41) is 21.2. The number of rotatable bonds is 5. The normalized spacial score (nSPS) is 31.1. The number of aliphatic hydroxyl groups is 2. The average molecular weight is 471 g/mol. The number of hydrogen-bond donors (Lipinski definition) is 2. The van der Waals surface area contributed by atoms with E-state index >= 15 is 0 Å². The van der Waals surface area contributed by atoms with Crippen molar-refractivity contribution in [2.75, 3.05) is 0 Å². The molecule has 0 fully saturated rings. The second kappa shape index (κ2) is 12.7. The minimum atomic E-state index is -1.39. The summed E-state index contributed by atoms with van der Waals surface area (Å²) < 4.78 is 11.1. The van der Waals surface area contributed by atoms with E-state index in [1.807, 2.05) is 44.2 Å². The van der Waals surface area contributed by atoms with Crippen molar-refractivity contribution >= 4 is 11.9 Å². The fraction of sp³-hybridized carbons (Fsp3) is 0.500. The van der Waals surface area contributed by atoms with Crippen LogP contribution in [0.2, 0.25) is 0 Å². The lowest BCUT2D eigenvalue weighted by molar-refractivity contribution is -0.157. The number of carbonyl (C=O) groups excluding carboxylic acids is 2. The van der Waals surface area contributed by atoms with Crippen molar-refractivity contribution in [3.8, 4) is 0 Å². The fourth-order valence-electron chi connectivity index (χ4n) is 3.97. The summed E-state index contributed by atoms with van der Waals surface area (Å²) in [7, 11) is 0. The summed E-state index contributed by atoms with van der Waals surface area (Å²) in [5.74, 6) is -1.04. The largest absolute Gasteiger partial charge is 0.457 e. The van der Waals surface area contributed by atoms with Crippen LogP contribution in [0.1, 0.15) is 65.4 Å². The van der Waals surface area contributed by atoms with E-state index in [0.717, 1.165) is 5.57 Å². The molecule has 6 nitrogen and oxygen atoms in total. The summed E-state index contributed by atoms with van der Waals surface area (Å²) in [6, 6.07) is 10.2. The molecule has 2 rings (SSSR count). The molecule has 1 aliphatic rings. The van der Waals surface area contributed by atoms with E-state index in [-0.39, 0.29) is 31.1 Å². The van der Waals surface area contributed by atoms with E-state index in [1.165, 1.54) is 12.5 Å². The smallest absolute Gasteiger partial charge is 0.309 e. The number of hydrogen-bond acceptors (Lipinski definition) is 6. The van der Waals surface area contributed by atoms with Gasteiger partial charge < -0.3 is 19.7 Å². The van der Waals surface area contributed by atoms with Gasteiger partial charge in [-0.3, -0.25) is 9.59 Å². The molecule has 0 aliphatic carbocycles. The number of cyclic esters (lactones) is 1. The highest BCUT2D eigenvalue weighted by Gasteiger charge is 2.34. The van der Waals surface area contributed by atoms with Gasteiger partial charge in [0.15, 0.2) is 0 Å². The van der Waals surface area contributed by atoms with Gasteiger partial charge >= 0.3 is 11.9 Å². The van der Waals surface area contributed by atoms with Crippen LogP contribution in [0.15, 0.2) is 66.3 Å². The Balaban J connectivity index is 2.29. The van der Waals surface area contributed by atoms with Gasteiger partial charge in [0, 0.05) is 12.8 Å². The monoisotopic (exact) mass is 470 g/mol. The molecule has 0 bridgehead atoms. The average Bonchev–Trinajstić information content (AvgIpc) is 2.78. The van der Waals surface area contributed by atoms with E-state index in [9.17, 15) is 19.8 Å². The predicted octanol–water partition coefficient (Wildman–Crippen LogP) is 4.62. The molecule has 34 heavy (non-hydrogen) atoms. The van der Waals surface area contributed by atoms with Crippen LogP contribution in [0.4, 0.5) is 0 Å². The molecule has 0 radical (unpaired) electrons. The van der Waals surface area contributed by atoms with Gasteiger partial charge in [-0.25, -0.2) is 0 Å². The Labute approximate surface area is 203 Å². The Hall–Kier alpha value is -2.70. The highest BCUT2D eigenvalue weighted by atomic mass is 16.6. The third kappa shape index (κ3) is 8.58. The standard InChI is InChI=1S/C28H38O6/c1-19(23-12-7-6-8-13-23)10-9-11-20(2)27-21(3)14-15-25(33-22(4)29)28(5,32)17-16-24(30)18-26(31)34-27/h6-15,19,21,24-25,27,30,32H,16-18H2,1-5H3/b10-9+,15-14+,20-11+/t19?,21-,24-,25-,27+,28-/m0/s1. The van der Waals surface area contributed by atoms with Crippen molar-refractivity contribution in [3.05, 3.63) is 71.8 Å². The second-order valence-corrected chi connectivity index (χ2v) is 9.43. The predicted molar refractivity (Wildman–Crippen MR) is 132 cm³/mol. The summed E-state index contributed by atoms with van der Waals surface area (Å²) in [6.07, 6.45) is 7.12. The van der Waals surface area contributed by atoms with Crippen LogP contribution in [0.3, 0.4) is 0 Å². The third-order valence-electron chi connectivity index (χ3n) is 6.15. The van der Waals surface area contributed by atoms with Crippen LogP contribution in [0.5, 0.6) is 0 Å². The molecule has 1 aromatic rings. The number of carbonyl (C=O) groups is 2. The van der Waals surface area contributed by atoms with Crippen LogP contribution in [0.25, 0.3) is 0 Å². The lowest BCUT2D eigenvalue weighted by Crippen LogP contribution is -2.42. The maximum atomic E-state index is 12.5. The molecule has 0 amide bonds. The molecule has 1 aliphatic heterocycles. The van der Waals surface area contributed by atoms with E-state index in [4.69, 9.17) is 9.47 Å². The second-order valence-electron chi connectivity index (χ2n) is 9.43. The maximum absolute atomic E-state index is 12.5. The van der Waals surface area contributed by atoms with Crippen molar-refractivity contribution in [1.82, 2.24) is 0 Å². The van der Waals surface area contributed by atoms with Crippen molar-refractivity contribution in [2.45, 2.75) is 83.7 Å². The number of ether oxygens (including phenoxy) is 2. The first kappa shape index (κ1) is 27.5. The summed E-state index contributed by atoms with van der Waals surface area (Å²) >= 11 is 0. The first-order chi connectivity index (χ1) is 16.0. The molecule has 0 aromatic heterocycles. The van der Waals surface area contributed by atoms with Crippen LogP contribution in [0, 0.1) is 5.92 Å². The summed E-state index contributed by atoms with van der Waals surface area (Å²) in [5.41, 5.74) is 0.656. The van der Waals surface area contributed by atoms with Gasteiger partial charge in [0.2, 0.25) is 0 Å². The number of benzene rings is 1. The molecule has 0 saturated carbocycles. The molecule has 0 spiro atoms. The maximum Gasteiger partial charge on any atom is 0.309 e. The first-order valence-electron chi connectivity index (χ1n) is 11.8. The van der Waals surface area contributed by atoms with Crippen LogP contribution in [-0.4, -0.2) is 46.1 Å². The van der Waals surface area contributed by atoms with Gasteiger partial charge in [-0.05, 0) is 49.8 Å². The molecule has 1 unspecified atom stereocenters. The Morgan fingerprint density at radius 3 is 2.56 bits per heavy atom. The molecule has 186 valence electrons. The first-order valence-corrected chi connectivity index (χ1v) is 11.8. The Bertz CT molecular complexity index is 899. The van der Waals surface area contributed by atoms with Crippen molar-refractivity contribution in [1.29, 1.82) is 0 Å². The molecule has 6 atom stereocenters. The number of aliphatic hydroxyl groups excluding tert-OH is 1. The zero-order chi connectivity index (χ0) is 25.3. The number of esters is 2. The quantitative estimate of drug-likeness (QED) is 0.370. The molecule has 0 saturated heterocycles. The van der Waals surface area contributed by atoms with Gasteiger partial charge in [0.1, 0.15) is 17.8 Å². The lowest BCUT2D eigenvalue weighted by Gasteiger charge is -2.32. The van der Waals surface area contributed by atoms with Crippen molar-refractivity contribution in [2.24, 2.45) is 5.92 Å². The third-order valence-corrected chi connectivity index (χ3v) is 6.15. The van der Waals surface area contributed by atoms with Gasteiger partial charge in [-0.1, -0.05) is 68.5 Å². The van der Waals surface area contributed by atoms with E-state index in [2.05, 4.69) is 25.1 Å².